The van der Waals surface area contributed by atoms with E-state index in [0.29, 0.717) is 10.9 Å². The molecule has 116 valence electrons. The number of nitrogens with zero attached hydrogens (tertiary/aromatic N) is 3. The number of rotatable bonds is 5. The van der Waals surface area contributed by atoms with Gasteiger partial charge in [-0.25, -0.2) is 0 Å². The van der Waals surface area contributed by atoms with E-state index in [9.17, 15) is 4.79 Å². The number of hydrogen-bond acceptors (Lipinski definition) is 6. The first-order valence-electron chi connectivity index (χ1n) is 7.07. The fraction of sp³-hybridized carbons (Fsp3) is 0.400. The molecule has 2 aliphatic heterocycles. The summed E-state index contributed by atoms with van der Waals surface area (Å²) in [6, 6.07) is 3.90. The number of amidine groups is 1. The number of aryl methyl sites for hydroxylation is 1. The van der Waals surface area contributed by atoms with Crippen LogP contribution in [-0.4, -0.2) is 41.9 Å². The second-order valence-corrected chi connectivity index (χ2v) is 5.88. The lowest BCUT2D eigenvalue weighted by molar-refractivity contribution is -0.124. The molecule has 0 saturated heterocycles. The molecule has 0 spiro atoms. The van der Waals surface area contributed by atoms with Crippen LogP contribution in [0, 0.1) is 0 Å². The van der Waals surface area contributed by atoms with E-state index in [1.807, 2.05) is 12.1 Å². The van der Waals surface area contributed by atoms with Crippen LogP contribution in [0.4, 0.5) is 0 Å². The Labute approximate surface area is 133 Å². The maximum atomic E-state index is 11.7. The zero-order valence-electron chi connectivity index (χ0n) is 12.8. The Balaban J connectivity index is 2.03. The summed E-state index contributed by atoms with van der Waals surface area (Å²) in [5.41, 5.74) is 1.96. The van der Waals surface area contributed by atoms with Gasteiger partial charge in [-0.1, -0.05) is 13.3 Å². The molecular weight excluding hydrogens is 302 g/mol. The Bertz CT molecular complexity index is 685. The van der Waals surface area contributed by atoms with Crippen LogP contribution < -0.4 is 9.47 Å². The molecule has 6 nitrogen and oxygen atoms in total. The van der Waals surface area contributed by atoms with E-state index < -0.39 is 0 Å². The monoisotopic (exact) mass is 319 g/mol. The highest BCUT2D eigenvalue weighted by Crippen LogP contribution is 2.36. The van der Waals surface area contributed by atoms with Gasteiger partial charge in [-0.3, -0.25) is 9.79 Å². The Kier molecular flexibility index (Phi) is 4.06. The van der Waals surface area contributed by atoms with Crippen molar-refractivity contribution in [3.63, 3.8) is 0 Å². The van der Waals surface area contributed by atoms with Crippen molar-refractivity contribution in [2.75, 3.05) is 20.8 Å². The number of benzene rings is 1. The molecule has 0 aliphatic carbocycles. The molecule has 0 unspecified atom stereocenters. The Morgan fingerprint density at radius 2 is 2.05 bits per heavy atom. The zero-order chi connectivity index (χ0) is 15.7. The SMILES string of the molecule is CCCc1cc(C2=NN3C(=O)CN=C3S2)c(OC)cc1OC. The predicted molar refractivity (Wildman–Crippen MR) is 86.8 cm³/mol. The van der Waals surface area contributed by atoms with E-state index >= 15 is 0 Å². The van der Waals surface area contributed by atoms with Crippen LogP contribution >= 0.6 is 11.8 Å². The number of amides is 1. The van der Waals surface area contributed by atoms with Crippen molar-refractivity contribution in [3.8, 4) is 11.5 Å². The molecule has 7 heteroatoms. The number of hydrazone groups is 1. The maximum Gasteiger partial charge on any atom is 0.271 e. The van der Waals surface area contributed by atoms with Gasteiger partial charge >= 0.3 is 0 Å². The van der Waals surface area contributed by atoms with E-state index in [1.165, 1.54) is 16.8 Å². The number of methoxy groups -OCH3 is 2. The topological polar surface area (TPSA) is 63.5 Å². The Morgan fingerprint density at radius 3 is 2.68 bits per heavy atom. The number of thioether (sulfide) groups is 1. The van der Waals surface area contributed by atoms with E-state index in [-0.39, 0.29) is 12.5 Å². The highest BCUT2D eigenvalue weighted by atomic mass is 32.2. The first-order chi connectivity index (χ1) is 10.7. The van der Waals surface area contributed by atoms with Crippen molar-refractivity contribution < 1.29 is 14.3 Å². The lowest BCUT2D eigenvalue weighted by atomic mass is 10.0. The highest BCUT2D eigenvalue weighted by molar-refractivity contribution is 8.27. The molecule has 2 aliphatic rings. The largest absolute Gasteiger partial charge is 0.496 e. The molecule has 0 bridgehead atoms. The summed E-state index contributed by atoms with van der Waals surface area (Å²) in [6.07, 6.45) is 1.92. The molecule has 0 saturated carbocycles. The van der Waals surface area contributed by atoms with Crippen molar-refractivity contribution in [1.82, 2.24) is 5.01 Å². The van der Waals surface area contributed by atoms with E-state index in [0.717, 1.165) is 34.8 Å². The molecule has 1 aromatic carbocycles. The van der Waals surface area contributed by atoms with Gasteiger partial charge in [0.1, 0.15) is 23.1 Å². The third-order valence-electron chi connectivity index (χ3n) is 3.50. The first kappa shape index (κ1) is 14.9. The van der Waals surface area contributed by atoms with Crippen LogP contribution in [0.25, 0.3) is 0 Å². The van der Waals surface area contributed by atoms with E-state index in [2.05, 4.69) is 17.0 Å². The van der Waals surface area contributed by atoms with Gasteiger partial charge in [0.25, 0.3) is 5.91 Å². The zero-order valence-corrected chi connectivity index (χ0v) is 13.6. The van der Waals surface area contributed by atoms with Gasteiger partial charge in [0.05, 0.1) is 19.8 Å². The molecule has 0 N–H and O–H groups in total. The smallest absolute Gasteiger partial charge is 0.271 e. The third-order valence-corrected chi connectivity index (χ3v) is 4.48. The first-order valence-corrected chi connectivity index (χ1v) is 7.88. The normalized spacial score (nSPS) is 16.5. The quantitative estimate of drug-likeness (QED) is 0.835. The van der Waals surface area contributed by atoms with Gasteiger partial charge in [0.2, 0.25) is 0 Å². The Hall–Kier alpha value is -2.02. The summed E-state index contributed by atoms with van der Waals surface area (Å²) >= 11 is 1.39. The predicted octanol–water partition coefficient (Wildman–Crippen LogP) is 2.26. The summed E-state index contributed by atoms with van der Waals surface area (Å²) < 4.78 is 10.9. The molecular formula is C15H17N3O3S. The molecule has 2 heterocycles. The van der Waals surface area contributed by atoms with Gasteiger partial charge in [-0.15, -0.1) is 0 Å². The second-order valence-electron chi connectivity index (χ2n) is 4.93. The third kappa shape index (κ3) is 2.45. The van der Waals surface area contributed by atoms with Crippen molar-refractivity contribution >= 4 is 27.9 Å². The van der Waals surface area contributed by atoms with Crippen LogP contribution in [0.2, 0.25) is 0 Å². The van der Waals surface area contributed by atoms with Gasteiger partial charge in [0.15, 0.2) is 5.17 Å². The molecule has 3 rings (SSSR count). The molecule has 1 amide bonds. The minimum atomic E-state index is -0.0984. The van der Waals surface area contributed by atoms with Crippen molar-refractivity contribution in [1.29, 1.82) is 0 Å². The van der Waals surface area contributed by atoms with E-state index in [1.54, 1.807) is 14.2 Å². The van der Waals surface area contributed by atoms with Crippen LogP contribution in [0.5, 0.6) is 11.5 Å². The number of carbonyl (C=O) groups excluding carboxylic acids is 1. The number of fused-ring (bicyclic) bond motifs is 1. The van der Waals surface area contributed by atoms with Crippen LogP contribution in [0.1, 0.15) is 24.5 Å². The average molecular weight is 319 g/mol. The average Bonchev–Trinajstić information content (AvgIpc) is 3.09. The molecule has 0 atom stereocenters. The summed E-state index contributed by atoms with van der Waals surface area (Å²) in [5, 5.41) is 7.10. The number of ether oxygens (including phenoxy) is 2. The van der Waals surface area contributed by atoms with Crippen molar-refractivity contribution in [2.24, 2.45) is 10.1 Å². The van der Waals surface area contributed by atoms with Gasteiger partial charge in [0, 0.05) is 6.07 Å². The maximum absolute atomic E-state index is 11.7. The molecule has 22 heavy (non-hydrogen) atoms. The van der Waals surface area contributed by atoms with Crippen LogP contribution in [0.3, 0.4) is 0 Å². The van der Waals surface area contributed by atoms with Crippen molar-refractivity contribution in [2.45, 2.75) is 19.8 Å². The van der Waals surface area contributed by atoms with Gasteiger partial charge in [-0.2, -0.15) is 10.1 Å². The summed E-state index contributed by atoms with van der Waals surface area (Å²) in [7, 11) is 3.26. The number of carbonyl (C=O) groups is 1. The molecule has 1 aromatic rings. The second kappa shape index (κ2) is 6.00. The van der Waals surface area contributed by atoms with E-state index in [4.69, 9.17) is 9.47 Å². The minimum Gasteiger partial charge on any atom is -0.496 e. The molecule has 0 radical (unpaired) electrons. The number of hydrogen-bond donors (Lipinski definition) is 0. The summed E-state index contributed by atoms with van der Waals surface area (Å²) in [5.74, 6) is 1.39. The highest BCUT2D eigenvalue weighted by Gasteiger charge is 2.34. The van der Waals surface area contributed by atoms with Crippen molar-refractivity contribution in [3.05, 3.63) is 23.3 Å². The molecule has 0 fully saturated rings. The number of aliphatic imine (C=N–C) groups is 1. The van der Waals surface area contributed by atoms with Crippen LogP contribution in [-0.2, 0) is 11.2 Å². The fourth-order valence-electron chi connectivity index (χ4n) is 2.45. The van der Waals surface area contributed by atoms with Crippen LogP contribution in [0.15, 0.2) is 22.2 Å². The molecule has 0 aromatic heterocycles. The summed E-state index contributed by atoms with van der Waals surface area (Å²) in [4.78, 5) is 15.9. The lowest BCUT2D eigenvalue weighted by Crippen LogP contribution is -2.21. The van der Waals surface area contributed by atoms with Gasteiger partial charge in [-0.05, 0) is 29.8 Å². The minimum absolute atomic E-state index is 0.0984. The Morgan fingerprint density at radius 1 is 1.27 bits per heavy atom. The van der Waals surface area contributed by atoms with Gasteiger partial charge < -0.3 is 9.47 Å². The standard InChI is InChI=1S/C15H17N3O3S/c1-4-5-9-6-10(12(21-3)7-11(9)20-2)14-17-18-13(19)8-16-15(18)22-14/h6-7H,4-5,8H2,1-3H3. The lowest BCUT2D eigenvalue weighted by Gasteiger charge is -2.14. The fourth-order valence-corrected chi connectivity index (χ4v) is 3.38. The summed E-state index contributed by atoms with van der Waals surface area (Å²) in [6.45, 7) is 2.30.